The highest BCUT2D eigenvalue weighted by atomic mass is 35.5. The van der Waals surface area contributed by atoms with Crippen molar-refractivity contribution in [3.63, 3.8) is 0 Å². The van der Waals surface area contributed by atoms with E-state index in [2.05, 4.69) is 18.3 Å². The summed E-state index contributed by atoms with van der Waals surface area (Å²) in [5, 5.41) is 4.59. The Bertz CT molecular complexity index is 1010. The molecule has 1 atom stereocenters. The van der Waals surface area contributed by atoms with Crippen LogP contribution < -0.4 is 11.1 Å². The number of nitrogen functional groups attached to an aromatic ring is 1. The summed E-state index contributed by atoms with van der Waals surface area (Å²) >= 11 is 13.3. The molecule has 0 fully saturated rings. The van der Waals surface area contributed by atoms with Crippen LogP contribution in [0.4, 0.5) is 11.4 Å². The number of aromatic nitrogens is 1. The van der Waals surface area contributed by atoms with E-state index < -0.39 is 0 Å². The Morgan fingerprint density at radius 3 is 2.73 bits per heavy atom. The highest BCUT2D eigenvalue weighted by Gasteiger charge is 2.22. The predicted octanol–water partition coefficient (Wildman–Crippen LogP) is 5.56. The topological polar surface area (TPSA) is 68.0 Å². The van der Waals surface area contributed by atoms with Gasteiger partial charge in [-0.2, -0.15) is 0 Å². The summed E-state index contributed by atoms with van der Waals surface area (Å²) in [6, 6.07) is 7.01. The number of nitrogens with two attached hydrogens (primary N) is 1. The molecule has 0 spiro atoms. The van der Waals surface area contributed by atoms with Gasteiger partial charge in [-0.1, -0.05) is 30.1 Å². The number of nitrogens with one attached hydrogen (secondary N) is 1. The molecule has 4 nitrogen and oxygen atoms in total. The minimum atomic E-state index is -0.282. The molecular formula is C19H17Cl2N3OS. The van der Waals surface area contributed by atoms with Crippen LogP contribution in [0.3, 0.4) is 0 Å². The lowest BCUT2D eigenvalue weighted by Crippen LogP contribution is -2.12. The minimum Gasteiger partial charge on any atom is -0.397 e. The van der Waals surface area contributed by atoms with Gasteiger partial charge < -0.3 is 11.1 Å². The molecule has 1 aliphatic rings. The molecule has 0 aliphatic heterocycles. The maximum absolute atomic E-state index is 12.7. The maximum atomic E-state index is 12.7. The second kappa shape index (κ2) is 6.72. The van der Waals surface area contributed by atoms with Crippen LogP contribution in [-0.2, 0) is 12.8 Å². The van der Waals surface area contributed by atoms with Gasteiger partial charge in [-0.05, 0) is 55.0 Å². The molecule has 0 radical (unpaired) electrons. The van der Waals surface area contributed by atoms with Crippen molar-refractivity contribution < 1.29 is 4.79 Å². The SMILES string of the molecule is CC1CCc2nc3sc(C(=O)Nc4cc(Cl)cc(Cl)c4)c(N)c3cc2C1. The van der Waals surface area contributed by atoms with Gasteiger partial charge in [0.2, 0.25) is 0 Å². The van der Waals surface area contributed by atoms with E-state index in [4.69, 9.17) is 33.9 Å². The van der Waals surface area contributed by atoms with Crippen LogP contribution in [0.25, 0.3) is 10.2 Å². The van der Waals surface area contributed by atoms with Crippen molar-refractivity contribution in [2.24, 2.45) is 5.92 Å². The molecule has 1 amide bonds. The molecule has 0 saturated heterocycles. The number of amides is 1. The van der Waals surface area contributed by atoms with Crippen molar-refractivity contribution in [2.75, 3.05) is 11.1 Å². The number of thiophene rings is 1. The number of hydrogen-bond acceptors (Lipinski definition) is 4. The molecule has 2 aromatic heterocycles. The van der Waals surface area contributed by atoms with Crippen LogP contribution in [0.15, 0.2) is 24.3 Å². The molecule has 1 aromatic carbocycles. The predicted molar refractivity (Wildman–Crippen MR) is 110 cm³/mol. The number of rotatable bonds is 2. The molecule has 1 aliphatic carbocycles. The lowest BCUT2D eigenvalue weighted by molar-refractivity contribution is 0.103. The summed E-state index contributed by atoms with van der Waals surface area (Å²) in [4.78, 5) is 18.7. The number of hydrogen-bond donors (Lipinski definition) is 2. The number of anilines is 2. The van der Waals surface area contributed by atoms with Gasteiger partial charge in [0.15, 0.2) is 0 Å². The van der Waals surface area contributed by atoms with Gasteiger partial charge in [-0.25, -0.2) is 4.98 Å². The van der Waals surface area contributed by atoms with E-state index in [0.717, 1.165) is 35.2 Å². The van der Waals surface area contributed by atoms with Crippen molar-refractivity contribution >= 4 is 62.0 Å². The number of benzene rings is 1. The average molecular weight is 406 g/mol. The molecule has 7 heteroatoms. The Hall–Kier alpha value is -1.82. The Kier molecular flexibility index (Phi) is 4.55. The second-order valence-corrected chi connectivity index (χ2v) is 8.62. The van der Waals surface area contributed by atoms with Gasteiger partial charge in [0.1, 0.15) is 9.71 Å². The van der Waals surface area contributed by atoms with Crippen molar-refractivity contribution in [3.05, 3.63) is 50.4 Å². The van der Waals surface area contributed by atoms with E-state index in [1.165, 1.54) is 16.9 Å². The summed E-state index contributed by atoms with van der Waals surface area (Å²) in [7, 11) is 0. The largest absolute Gasteiger partial charge is 0.397 e. The molecule has 4 rings (SSSR count). The van der Waals surface area contributed by atoms with E-state index in [1.807, 2.05) is 0 Å². The Labute approximate surface area is 165 Å². The lowest BCUT2D eigenvalue weighted by Gasteiger charge is -2.20. The quantitative estimate of drug-likeness (QED) is 0.585. The van der Waals surface area contributed by atoms with Crippen LogP contribution >= 0.6 is 34.5 Å². The highest BCUT2D eigenvalue weighted by Crippen LogP contribution is 2.36. The van der Waals surface area contributed by atoms with Gasteiger partial charge in [0.25, 0.3) is 5.91 Å². The molecule has 2 heterocycles. The average Bonchev–Trinajstić information content (AvgIpc) is 2.88. The van der Waals surface area contributed by atoms with E-state index in [1.54, 1.807) is 18.2 Å². The van der Waals surface area contributed by atoms with E-state index in [9.17, 15) is 4.79 Å². The molecule has 26 heavy (non-hydrogen) atoms. The summed E-state index contributed by atoms with van der Waals surface area (Å²) < 4.78 is 0. The minimum absolute atomic E-state index is 0.282. The lowest BCUT2D eigenvalue weighted by atomic mass is 9.87. The fraction of sp³-hybridized carbons (Fsp3) is 0.263. The first-order valence-corrected chi connectivity index (χ1v) is 9.96. The van der Waals surface area contributed by atoms with Gasteiger partial charge in [-0.15, -0.1) is 11.3 Å². The number of aryl methyl sites for hydroxylation is 1. The smallest absolute Gasteiger partial charge is 0.267 e. The van der Waals surface area contributed by atoms with Crippen LogP contribution in [0, 0.1) is 5.92 Å². The third-order valence-corrected chi connectivity index (χ3v) is 6.21. The summed E-state index contributed by atoms with van der Waals surface area (Å²) in [5.41, 5.74) is 9.66. The number of carbonyl (C=O) groups is 1. The first kappa shape index (κ1) is 17.6. The molecule has 3 N–H and O–H groups in total. The van der Waals surface area contributed by atoms with Crippen molar-refractivity contribution in [1.82, 2.24) is 4.98 Å². The molecule has 0 bridgehead atoms. The molecular weight excluding hydrogens is 389 g/mol. The van der Waals surface area contributed by atoms with Crippen LogP contribution in [0.2, 0.25) is 10.0 Å². The maximum Gasteiger partial charge on any atom is 0.267 e. The number of fused-ring (bicyclic) bond motifs is 2. The first-order valence-electron chi connectivity index (χ1n) is 8.39. The second-order valence-electron chi connectivity index (χ2n) is 6.75. The first-order chi connectivity index (χ1) is 12.4. The van der Waals surface area contributed by atoms with Gasteiger partial charge in [0, 0.05) is 26.8 Å². The summed E-state index contributed by atoms with van der Waals surface area (Å²) in [6.07, 6.45) is 3.14. The normalized spacial score (nSPS) is 16.5. The van der Waals surface area contributed by atoms with E-state index >= 15 is 0 Å². The summed E-state index contributed by atoms with van der Waals surface area (Å²) in [6.45, 7) is 2.25. The zero-order valence-electron chi connectivity index (χ0n) is 14.1. The highest BCUT2D eigenvalue weighted by molar-refractivity contribution is 7.21. The van der Waals surface area contributed by atoms with Gasteiger partial charge >= 0.3 is 0 Å². The van der Waals surface area contributed by atoms with Gasteiger partial charge in [-0.3, -0.25) is 4.79 Å². The van der Waals surface area contributed by atoms with Crippen molar-refractivity contribution in [3.8, 4) is 0 Å². The van der Waals surface area contributed by atoms with E-state index in [0.29, 0.717) is 32.2 Å². The Morgan fingerprint density at radius 1 is 1.27 bits per heavy atom. The van der Waals surface area contributed by atoms with Crippen LogP contribution in [-0.4, -0.2) is 10.9 Å². The Balaban J connectivity index is 1.70. The van der Waals surface area contributed by atoms with Gasteiger partial charge in [0.05, 0.1) is 5.69 Å². The summed E-state index contributed by atoms with van der Waals surface area (Å²) in [5.74, 6) is 0.368. The van der Waals surface area contributed by atoms with E-state index in [-0.39, 0.29) is 5.91 Å². The number of pyridine rings is 1. The molecule has 0 saturated carbocycles. The van der Waals surface area contributed by atoms with Crippen molar-refractivity contribution in [2.45, 2.75) is 26.2 Å². The monoisotopic (exact) mass is 405 g/mol. The van der Waals surface area contributed by atoms with Crippen molar-refractivity contribution in [1.29, 1.82) is 0 Å². The molecule has 3 aromatic rings. The third kappa shape index (κ3) is 3.27. The Morgan fingerprint density at radius 2 is 2.00 bits per heavy atom. The zero-order valence-corrected chi connectivity index (χ0v) is 16.4. The van der Waals surface area contributed by atoms with Crippen LogP contribution in [0.1, 0.15) is 34.3 Å². The molecule has 1 unspecified atom stereocenters. The zero-order chi connectivity index (χ0) is 18.4. The number of nitrogens with zero attached hydrogens (tertiary/aromatic N) is 1. The number of halogens is 2. The van der Waals surface area contributed by atoms with Crippen LogP contribution in [0.5, 0.6) is 0 Å². The third-order valence-electron chi connectivity index (χ3n) is 4.66. The molecule has 134 valence electrons. The number of carbonyl (C=O) groups excluding carboxylic acids is 1. The fourth-order valence-corrected chi connectivity index (χ4v) is 4.87. The standard InChI is InChI=1S/C19H17Cl2N3OS/c1-9-2-3-15-10(4-9)5-14-16(22)17(26-19(14)24-15)18(25)23-13-7-11(20)6-12(21)8-13/h5-9H,2-4,22H2,1H3,(H,23,25). The fourth-order valence-electron chi connectivity index (χ4n) is 3.35.